The summed E-state index contributed by atoms with van der Waals surface area (Å²) in [6, 6.07) is 67.7. The zero-order chi connectivity index (χ0) is 36.7. The van der Waals surface area contributed by atoms with Crippen LogP contribution in [0.2, 0.25) is 0 Å². The van der Waals surface area contributed by atoms with Crippen LogP contribution in [0.15, 0.2) is 193 Å². The van der Waals surface area contributed by atoms with Crippen molar-refractivity contribution in [1.29, 1.82) is 0 Å². The van der Waals surface area contributed by atoms with Gasteiger partial charge in [-0.25, -0.2) is 4.99 Å². The molecule has 0 fully saturated rings. The van der Waals surface area contributed by atoms with Crippen LogP contribution < -0.4 is 10.3 Å². The summed E-state index contributed by atoms with van der Waals surface area (Å²) in [5.41, 5.74) is 7.89. The van der Waals surface area contributed by atoms with Crippen LogP contribution in [0.25, 0.3) is 81.6 Å². The zero-order valence-electron chi connectivity index (χ0n) is 30.3. The van der Waals surface area contributed by atoms with Gasteiger partial charge in [-0.05, 0) is 74.8 Å². The summed E-state index contributed by atoms with van der Waals surface area (Å²) >= 11 is 0. The number of rotatable bonds is 3. The largest absolute Gasteiger partial charge is 0.401 e. The van der Waals surface area contributed by atoms with E-state index in [1.807, 2.05) is 0 Å². The first kappa shape index (κ1) is 30.9. The number of para-hydroxylation sites is 2. The Balaban J connectivity index is 1.20. The van der Waals surface area contributed by atoms with Crippen molar-refractivity contribution in [3.05, 3.63) is 199 Å². The molecular formula is C51H34N5+. The highest BCUT2D eigenvalue weighted by Crippen LogP contribution is 2.40. The Morgan fingerprint density at radius 2 is 0.982 bits per heavy atom. The second-order valence-electron chi connectivity index (χ2n) is 14.7. The molecule has 11 aromatic rings. The molecule has 3 heterocycles. The van der Waals surface area contributed by atoms with Gasteiger partial charge in [0.25, 0.3) is 0 Å². The maximum absolute atomic E-state index is 5.54. The van der Waals surface area contributed by atoms with Crippen LogP contribution in [0.1, 0.15) is 17.3 Å². The minimum Gasteiger partial charge on any atom is -0.320 e. The number of benzene rings is 9. The SMILES string of the molecule is c1ccc2cc3c(cc2c1)c1c(-n2c4ccccc4c4ccccc42)cccc1n3C1=[NH+]C(c2cccc3ccccc23)NC(c2cccc3ccccc23)=N1. The molecule has 1 aliphatic heterocycles. The third kappa shape index (κ3) is 4.55. The molecule has 0 spiro atoms. The Morgan fingerprint density at radius 3 is 1.73 bits per heavy atom. The van der Waals surface area contributed by atoms with E-state index in [1.54, 1.807) is 0 Å². The van der Waals surface area contributed by atoms with Crippen molar-refractivity contribution in [2.24, 2.45) is 4.99 Å². The first-order chi connectivity index (χ1) is 27.8. The van der Waals surface area contributed by atoms with Gasteiger partial charge in [0.05, 0.1) is 16.7 Å². The average molecular weight is 717 g/mol. The number of hydrogen-bond donors (Lipinski definition) is 2. The molecular weight excluding hydrogens is 683 g/mol. The molecule has 56 heavy (non-hydrogen) atoms. The van der Waals surface area contributed by atoms with Gasteiger partial charge in [0.2, 0.25) is 5.84 Å². The van der Waals surface area contributed by atoms with Gasteiger partial charge >= 0.3 is 5.96 Å². The van der Waals surface area contributed by atoms with Gasteiger partial charge < -0.3 is 9.88 Å². The van der Waals surface area contributed by atoms with Crippen molar-refractivity contribution in [3.63, 3.8) is 0 Å². The van der Waals surface area contributed by atoms with Crippen molar-refractivity contribution in [1.82, 2.24) is 14.5 Å². The summed E-state index contributed by atoms with van der Waals surface area (Å²) in [4.78, 5) is 9.47. The molecule has 1 atom stereocenters. The number of fused-ring (bicyclic) bond motifs is 9. The zero-order valence-corrected chi connectivity index (χ0v) is 30.3. The first-order valence-corrected chi connectivity index (χ1v) is 19.2. The molecule has 5 nitrogen and oxygen atoms in total. The molecule has 0 amide bonds. The maximum atomic E-state index is 5.54. The average Bonchev–Trinajstić information content (AvgIpc) is 3.77. The van der Waals surface area contributed by atoms with Crippen molar-refractivity contribution >= 4 is 87.7 Å². The van der Waals surface area contributed by atoms with E-state index >= 15 is 0 Å². The molecule has 9 aromatic carbocycles. The van der Waals surface area contributed by atoms with E-state index in [-0.39, 0.29) is 6.17 Å². The quantitative estimate of drug-likeness (QED) is 0.188. The molecule has 1 aliphatic rings. The lowest BCUT2D eigenvalue weighted by Crippen LogP contribution is -2.81. The van der Waals surface area contributed by atoms with Crippen molar-refractivity contribution < 1.29 is 4.99 Å². The van der Waals surface area contributed by atoms with Crippen LogP contribution >= 0.6 is 0 Å². The molecule has 0 saturated carbocycles. The van der Waals surface area contributed by atoms with E-state index in [2.05, 4.69) is 208 Å². The molecule has 12 rings (SSSR count). The van der Waals surface area contributed by atoms with Crippen LogP contribution in [-0.2, 0) is 0 Å². The number of aromatic nitrogens is 2. The second-order valence-corrected chi connectivity index (χ2v) is 14.7. The Hall–Kier alpha value is -7.50. The van der Waals surface area contributed by atoms with E-state index in [1.165, 1.54) is 59.5 Å². The van der Waals surface area contributed by atoms with Crippen LogP contribution in [0, 0.1) is 0 Å². The number of nitrogens with zero attached hydrogens (tertiary/aromatic N) is 3. The predicted octanol–water partition coefficient (Wildman–Crippen LogP) is 10.4. The predicted molar refractivity (Wildman–Crippen MR) is 233 cm³/mol. The lowest BCUT2D eigenvalue weighted by molar-refractivity contribution is -0.518. The van der Waals surface area contributed by atoms with Gasteiger partial charge in [-0.2, -0.15) is 4.57 Å². The van der Waals surface area contributed by atoms with Crippen LogP contribution in [0.5, 0.6) is 0 Å². The van der Waals surface area contributed by atoms with Gasteiger partial charge in [0.1, 0.15) is 11.0 Å². The van der Waals surface area contributed by atoms with Crippen LogP contribution in [0.4, 0.5) is 0 Å². The number of aliphatic imine (C=N–C) groups is 1. The maximum Gasteiger partial charge on any atom is 0.401 e. The summed E-state index contributed by atoms with van der Waals surface area (Å²) in [5, 5.41) is 15.8. The lowest BCUT2D eigenvalue weighted by atomic mass is 10.0. The van der Waals surface area contributed by atoms with Crippen molar-refractivity contribution in [2.75, 3.05) is 0 Å². The molecule has 0 radical (unpaired) electrons. The monoisotopic (exact) mass is 716 g/mol. The first-order valence-electron chi connectivity index (χ1n) is 19.2. The van der Waals surface area contributed by atoms with E-state index in [9.17, 15) is 0 Å². The third-order valence-electron chi connectivity index (χ3n) is 11.6. The van der Waals surface area contributed by atoms with E-state index < -0.39 is 0 Å². The normalized spacial score (nSPS) is 14.6. The molecule has 2 N–H and O–H groups in total. The minimum atomic E-state index is -0.268. The number of amidine groups is 1. The molecule has 5 heteroatoms. The number of hydrogen-bond acceptors (Lipinski definition) is 2. The van der Waals surface area contributed by atoms with Gasteiger partial charge in [0, 0.05) is 32.7 Å². The highest BCUT2D eigenvalue weighted by molar-refractivity contribution is 6.22. The lowest BCUT2D eigenvalue weighted by Gasteiger charge is -2.22. The summed E-state index contributed by atoms with van der Waals surface area (Å²) in [6.45, 7) is 0. The standard InChI is InChI=1S/C51H33N5/c1-2-17-35-31-47-42(30-34(35)16-1)48-45(55-43-26-9-7-22-38(43)39-23-8-10-27-44(39)55)28-13-29-46(48)56(47)51-53-49(40-24-11-18-32-14-3-5-20-36(32)40)52-50(54-51)41-25-12-19-33-15-4-6-21-37(33)41/h1-31,49H,(H,52,53,54)/p+1. The molecule has 1 unspecified atom stereocenters. The van der Waals surface area contributed by atoms with Gasteiger partial charge in [-0.1, -0.05) is 151 Å². The Morgan fingerprint density at radius 1 is 0.429 bits per heavy atom. The third-order valence-corrected chi connectivity index (χ3v) is 11.6. The fraction of sp³-hybridized carbons (Fsp3) is 0.0196. The summed E-state index contributed by atoms with van der Waals surface area (Å²) < 4.78 is 4.79. The van der Waals surface area contributed by atoms with Gasteiger partial charge in [0.15, 0.2) is 6.17 Å². The highest BCUT2D eigenvalue weighted by Gasteiger charge is 2.32. The fourth-order valence-electron chi connectivity index (χ4n) is 9.14. The van der Waals surface area contributed by atoms with Crippen LogP contribution in [-0.4, -0.2) is 20.9 Å². The second kappa shape index (κ2) is 12.0. The van der Waals surface area contributed by atoms with Crippen LogP contribution in [0.3, 0.4) is 0 Å². The fourth-order valence-corrected chi connectivity index (χ4v) is 9.14. The minimum absolute atomic E-state index is 0.268. The molecule has 262 valence electrons. The Kier molecular flexibility index (Phi) is 6.63. The molecule has 0 aliphatic carbocycles. The Bertz CT molecular complexity index is 3410. The smallest absolute Gasteiger partial charge is 0.320 e. The Labute approximate surface area is 322 Å². The number of nitrogens with one attached hydrogen (secondary N) is 2. The molecule has 2 aromatic heterocycles. The molecule has 0 saturated heterocycles. The van der Waals surface area contributed by atoms with Crippen molar-refractivity contribution in [3.8, 4) is 5.69 Å². The molecule has 0 bridgehead atoms. The summed E-state index contributed by atoms with van der Waals surface area (Å²) in [5.74, 6) is 1.59. The van der Waals surface area contributed by atoms with E-state index in [0.717, 1.165) is 45.0 Å². The highest BCUT2D eigenvalue weighted by atomic mass is 15.3. The van der Waals surface area contributed by atoms with Gasteiger partial charge in [-0.3, -0.25) is 0 Å². The van der Waals surface area contributed by atoms with Gasteiger partial charge in [-0.15, -0.1) is 0 Å². The summed E-state index contributed by atoms with van der Waals surface area (Å²) in [7, 11) is 0. The summed E-state index contributed by atoms with van der Waals surface area (Å²) in [6.07, 6.45) is -0.268. The van der Waals surface area contributed by atoms with E-state index in [0.29, 0.717) is 0 Å². The van der Waals surface area contributed by atoms with Crippen molar-refractivity contribution in [2.45, 2.75) is 6.17 Å². The van der Waals surface area contributed by atoms with E-state index in [4.69, 9.17) is 4.99 Å². The topological polar surface area (TPSA) is 48.2 Å².